The standard InChI is InChI=1S/C19H31BN5O5P/c1-3-29-31(28,30-4-2)19(17-5-7-18(8-6-17)25(26)27)21-9-11-22-13-15-24-16-14-23(12-10-21)20(22)24/h5-8,19H,3-4,9-16H2,1-2H3. The average molecular weight is 451 g/mol. The maximum atomic E-state index is 14.0. The maximum absolute atomic E-state index is 14.0. The first-order valence-electron chi connectivity index (χ1n) is 11.1. The third-order valence-electron chi connectivity index (χ3n) is 6.34. The van der Waals surface area contributed by atoms with Gasteiger partial charge in [0.1, 0.15) is 5.78 Å². The molecule has 170 valence electrons. The van der Waals surface area contributed by atoms with E-state index in [1.165, 1.54) is 12.1 Å². The van der Waals surface area contributed by atoms with Gasteiger partial charge in [-0.3, -0.25) is 19.6 Å². The Morgan fingerprint density at radius 1 is 0.935 bits per heavy atom. The normalized spacial score (nSPS) is 22.3. The number of hydrogen-bond acceptors (Lipinski definition) is 9. The quantitative estimate of drug-likeness (QED) is 0.255. The summed E-state index contributed by atoms with van der Waals surface area (Å²) >= 11 is 0. The predicted octanol–water partition coefficient (Wildman–Crippen LogP) is 2.09. The van der Waals surface area contributed by atoms with Crippen LogP contribution in [0.5, 0.6) is 0 Å². The van der Waals surface area contributed by atoms with Gasteiger partial charge in [-0.2, -0.15) is 0 Å². The van der Waals surface area contributed by atoms with E-state index >= 15 is 0 Å². The van der Waals surface area contributed by atoms with E-state index in [9.17, 15) is 14.7 Å². The molecule has 3 heterocycles. The third-order valence-corrected chi connectivity index (χ3v) is 8.80. The van der Waals surface area contributed by atoms with Crippen molar-refractivity contribution in [3.8, 4) is 0 Å². The summed E-state index contributed by atoms with van der Waals surface area (Å²) in [5.74, 6) is -0.605. The zero-order chi connectivity index (χ0) is 22.0. The molecular weight excluding hydrogens is 420 g/mol. The molecule has 3 aliphatic rings. The molecule has 31 heavy (non-hydrogen) atoms. The minimum Gasteiger partial charge on any atom is -0.311 e. The number of rotatable bonds is 8. The maximum Gasteiger partial charge on any atom is 0.403 e. The zero-order valence-corrected chi connectivity index (χ0v) is 19.2. The van der Waals surface area contributed by atoms with Gasteiger partial charge in [0.05, 0.1) is 18.1 Å². The van der Waals surface area contributed by atoms with Crippen molar-refractivity contribution in [1.29, 1.82) is 0 Å². The summed E-state index contributed by atoms with van der Waals surface area (Å²) < 4.78 is 25.5. The molecule has 3 aliphatic heterocycles. The average Bonchev–Trinajstić information content (AvgIpc) is 3.30. The lowest BCUT2D eigenvalue weighted by molar-refractivity contribution is -0.384. The smallest absolute Gasteiger partial charge is 0.311 e. The second-order valence-corrected chi connectivity index (χ2v) is 10.2. The molecule has 0 radical (unpaired) electrons. The van der Waals surface area contributed by atoms with Gasteiger partial charge in [-0.15, -0.1) is 0 Å². The van der Waals surface area contributed by atoms with Crippen LogP contribution in [0.1, 0.15) is 25.2 Å². The number of non-ortho nitro benzene ring substituents is 1. The first kappa shape index (κ1) is 22.9. The fourth-order valence-electron chi connectivity index (χ4n) is 5.00. The van der Waals surface area contributed by atoms with Crippen LogP contribution < -0.4 is 0 Å². The van der Waals surface area contributed by atoms with Crippen molar-refractivity contribution in [3.63, 3.8) is 0 Å². The van der Waals surface area contributed by atoms with Gasteiger partial charge in [0.25, 0.3) is 5.69 Å². The molecule has 3 saturated heterocycles. The highest BCUT2D eigenvalue weighted by molar-refractivity contribution is 7.54. The van der Waals surface area contributed by atoms with Crippen molar-refractivity contribution in [1.82, 2.24) is 19.3 Å². The highest BCUT2D eigenvalue weighted by Gasteiger charge is 2.48. The molecule has 1 unspecified atom stereocenters. The van der Waals surface area contributed by atoms with Crippen molar-refractivity contribution in [3.05, 3.63) is 39.9 Å². The molecular formula is C19H31BN5O5P. The van der Waals surface area contributed by atoms with Gasteiger partial charge in [0.15, 0.2) is 0 Å². The van der Waals surface area contributed by atoms with Crippen molar-refractivity contribution in [2.45, 2.75) is 19.6 Å². The van der Waals surface area contributed by atoms with E-state index < -0.39 is 18.3 Å². The summed E-state index contributed by atoms with van der Waals surface area (Å²) in [7, 11) is -3.15. The predicted molar refractivity (Wildman–Crippen MR) is 119 cm³/mol. The molecule has 0 aliphatic carbocycles. The van der Waals surface area contributed by atoms with E-state index in [1.54, 1.807) is 26.0 Å². The molecule has 0 aromatic heterocycles. The van der Waals surface area contributed by atoms with E-state index in [0.717, 1.165) is 57.9 Å². The number of nitro groups is 1. The summed E-state index contributed by atoms with van der Waals surface area (Å²) in [5.41, 5.74) is 0.729. The Morgan fingerprint density at radius 2 is 1.39 bits per heavy atom. The molecule has 1 atom stereocenters. The molecule has 4 rings (SSSR count). The molecule has 12 heteroatoms. The van der Waals surface area contributed by atoms with Crippen molar-refractivity contribution in [2.24, 2.45) is 0 Å². The van der Waals surface area contributed by atoms with Crippen LogP contribution >= 0.6 is 7.60 Å². The topological polar surface area (TPSA) is 91.6 Å². The molecule has 0 amide bonds. The Bertz CT molecular complexity index is 800. The Kier molecular flexibility index (Phi) is 7.12. The van der Waals surface area contributed by atoms with Crippen molar-refractivity contribution < 1.29 is 18.5 Å². The molecule has 1 aromatic rings. The van der Waals surface area contributed by atoms with Gasteiger partial charge in [0, 0.05) is 64.5 Å². The first-order chi connectivity index (χ1) is 15.0. The molecule has 3 fully saturated rings. The highest BCUT2D eigenvalue weighted by Crippen LogP contribution is 2.62. The lowest BCUT2D eigenvalue weighted by Gasteiger charge is -2.40. The van der Waals surface area contributed by atoms with Crippen LogP contribution in [0.25, 0.3) is 0 Å². The monoisotopic (exact) mass is 451 g/mol. The van der Waals surface area contributed by atoms with Crippen molar-refractivity contribution >= 4 is 20.4 Å². The van der Waals surface area contributed by atoms with Crippen LogP contribution in [0.2, 0.25) is 0 Å². The van der Waals surface area contributed by atoms with Gasteiger partial charge in [0.2, 0.25) is 0 Å². The van der Waals surface area contributed by atoms with E-state index in [0.29, 0.717) is 7.12 Å². The molecule has 0 N–H and O–H groups in total. The van der Waals surface area contributed by atoms with E-state index in [4.69, 9.17) is 9.05 Å². The first-order valence-corrected chi connectivity index (χ1v) is 12.7. The summed E-state index contributed by atoms with van der Waals surface area (Å²) in [5, 5.41) is 11.1. The fourth-order valence-corrected chi connectivity index (χ4v) is 7.25. The summed E-state index contributed by atoms with van der Waals surface area (Å²) in [6.07, 6.45) is 0. The second-order valence-electron chi connectivity index (χ2n) is 8.09. The second kappa shape index (κ2) is 9.66. The van der Waals surface area contributed by atoms with Crippen LogP contribution in [-0.2, 0) is 13.6 Å². The lowest BCUT2D eigenvalue weighted by atomic mass is 9.89. The van der Waals surface area contributed by atoms with Crippen LogP contribution in [0.15, 0.2) is 24.3 Å². The SMILES string of the molecule is CCOP(=O)(OCC)C(c1ccc([N+](=O)[O-])cc1)N1CCN2CCN3CCN(CC1)B32. The molecule has 1 aromatic carbocycles. The fraction of sp³-hybridized carbons (Fsp3) is 0.684. The Hall–Kier alpha value is -1.33. The van der Waals surface area contributed by atoms with Gasteiger partial charge >= 0.3 is 14.7 Å². The van der Waals surface area contributed by atoms with Gasteiger partial charge in [-0.05, 0) is 31.5 Å². The van der Waals surface area contributed by atoms with E-state index in [1.807, 2.05) is 0 Å². The molecule has 0 bridgehead atoms. The van der Waals surface area contributed by atoms with E-state index in [-0.39, 0.29) is 18.9 Å². The highest BCUT2D eigenvalue weighted by atomic mass is 31.2. The zero-order valence-electron chi connectivity index (χ0n) is 18.3. The van der Waals surface area contributed by atoms with Gasteiger partial charge in [-0.1, -0.05) is 0 Å². The summed E-state index contributed by atoms with van der Waals surface area (Å²) in [4.78, 5) is 20.4. The Morgan fingerprint density at radius 3 is 1.81 bits per heavy atom. The van der Waals surface area contributed by atoms with Crippen LogP contribution in [0.4, 0.5) is 5.69 Å². The number of benzene rings is 1. The number of hydrogen-bond donors (Lipinski definition) is 0. The largest absolute Gasteiger partial charge is 0.403 e. The Balaban J connectivity index is 1.66. The van der Waals surface area contributed by atoms with Gasteiger partial charge < -0.3 is 23.5 Å². The summed E-state index contributed by atoms with van der Waals surface area (Å²) in [6, 6.07) is 6.29. The molecule has 10 nitrogen and oxygen atoms in total. The third kappa shape index (κ3) is 4.59. The van der Waals surface area contributed by atoms with Crippen LogP contribution in [0, 0.1) is 10.1 Å². The number of nitrogens with zero attached hydrogens (tertiary/aromatic N) is 5. The van der Waals surface area contributed by atoms with E-state index in [2.05, 4.69) is 19.3 Å². The lowest BCUT2D eigenvalue weighted by Crippen LogP contribution is -2.56. The van der Waals surface area contributed by atoms with Crippen LogP contribution in [-0.4, -0.2) is 96.9 Å². The minimum absolute atomic E-state index is 0.00915. The van der Waals surface area contributed by atoms with Crippen molar-refractivity contribution in [2.75, 3.05) is 65.6 Å². The summed E-state index contributed by atoms with van der Waals surface area (Å²) in [6.45, 7) is 11.6. The number of nitro benzene ring substituents is 1. The minimum atomic E-state index is -3.53. The van der Waals surface area contributed by atoms with Gasteiger partial charge in [-0.25, -0.2) is 0 Å². The molecule has 0 saturated carbocycles. The Labute approximate surface area is 183 Å². The molecule has 0 spiro atoms. The van der Waals surface area contributed by atoms with Crippen LogP contribution in [0.3, 0.4) is 0 Å².